The van der Waals surface area contributed by atoms with E-state index in [2.05, 4.69) is 20.5 Å². The molecule has 1 aromatic carbocycles. The maximum absolute atomic E-state index is 6.41. The lowest BCUT2D eigenvalue weighted by Crippen LogP contribution is -2.34. The van der Waals surface area contributed by atoms with Crippen molar-refractivity contribution in [3.05, 3.63) is 40.8 Å². The highest BCUT2D eigenvalue weighted by Crippen LogP contribution is 2.35. The molecule has 2 N–H and O–H groups in total. The van der Waals surface area contributed by atoms with Crippen LogP contribution in [-0.4, -0.2) is 25.1 Å². The quantitative estimate of drug-likeness (QED) is 0.724. The first-order valence-electron chi connectivity index (χ1n) is 8.45. The SMILES string of the molecule is CCc1c(-c2nc(C3(N)CCCC3)no2)nnn1-c1cccc(Cl)c1.Cl. The summed E-state index contributed by atoms with van der Waals surface area (Å²) >= 11 is 6.09. The monoisotopic (exact) mass is 394 g/mol. The molecule has 2 heterocycles. The Morgan fingerprint density at radius 1 is 1.31 bits per heavy atom. The van der Waals surface area contributed by atoms with Crippen LogP contribution >= 0.6 is 24.0 Å². The molecule has 26 heavy (non-hydrogen) atoms. The van der Waals surface area contributed by atoms with Gasteiger partial charge in [0, 0.05) is 5.02 Å². The van der Waals surface area contributed by atoms with E-state index in [0.29, 0.717) is 28.9 Å². The van der Waals surface area contributed by atoms with Gasteiger partial charge in [-0.3, -0.25) is 0 Å². The highest BCUT2D eigenvalue weighted by Gasteiger charge is 2.36. The van der Waals surface area contributed by atoms with E-state index in [1.54, 1.807) is 4.68 Å². The van der Waals surface area contributed by atoms with E-state index < -0.39 is 5.54 Å². The van der Waals surface area contributed by atoms with Gasteiger partial charge in [0.2, 0.25) is 0 Å². The van der Waals surface area contributed by atoms with Crippen molar-refractivity contribution in [3.8, 4) is 17.3 Å². The minimum Gasteiger partial charge on any atom is -0.332 e. The van der Waals surface area contributed by atoms with Crippen LogP contribution in [0.1, 0.15) is 44.1 Å². The number of halogens is 2. The molecule has 2 aromatic heterocycles. The van der Waals surface area contributed by atoms with Crippen LogP contribution in [0.25, 0.3) is 17.3 Å². The molecule has 1 saturated carbocycles. The van der Waals surface area contributed by atoms with Crippen molar-refractivity contribution >= 4 is 24.0 Å². The van der Waals surface area contributed by atoms with Gasteiger partial charge in [-0.25, -0.2) is 4.68 Å². The molecule has 0 bridgehead atoms. The summed E-state index contributed by atoms with van der Waals surface area (Å²) < 4.78 is 7.21. The van der Waals surface area contributed by atoms with Crippen molar-refractivity contribution in [1.82, 2.24) is 25.1 Å². The van der Waals surface area contributed by atoms with Gasteiger partial charge in [-0.2, -0.15) is 4.98 Å². The molecule has 0 saturated heterocycles. The highest BCUT2D eigenvalue weighted by molar-refractivity contribution is 6.30. The first kappa shape index (κ1) is 18.8. The Hall–Kier alpha value is -1.96. The molecule has 9 heteroatoms. The minimum atomic E-state index is -0.489. The second kappa shape index (κ2) is 7.34. The van der Waals surface area contributed by atoms with Crippen LogP contribution in [-0.2, 0) is 12.0 Å². The predicted octanol–water partition coefficient (Wildman–Crippen LogP) is 3.68. The Labute approximate surface area is 162 Å². The fourth-order valence-corrected chi connectivity index (χ4v) is 3.54. The largest absolute Gasteiger partial charge is 0.332 e. The number of rotatable bonds is 4. The topological polar surface area (TPSA) is 95.7 Å². The van der Waals surface area contributed by atoms with Crippen molar-refractivity contribution in [2.75, 3.05) is 0 Å². The van der Waals surface area contributed by atoms with E-state index in [1.807, 2.05) is 31.2 Å². The van der Waals surface area contributed by atoms with Gasteiger partial charge >= 0.3 is 0 Å². The lowest BCUT2D eigenvalue weighted by Gasteiger charge is -2.17. The fourth-order valence-electron chi connectivity index (χ4n) is 3.35. The predicted molar refractivity (Wildman–Crippen MR) is 101 cm³/mol. The average molecular weight is 395 g/mol. The van der Waals surface area contributed by atoms with Crippen LogP contribution in [0.3, 0.4) is 0 Å². The number of nitrogens with two attached hydrogens (primary N) is 1. The van der Waals surface area contributed by atoms with E-state index in [-0.39, 0.29) is 12.4 Å². The summed E-state index contributed by atoms with van der Waals surface area (Å²) in [4.78, 5) is 4.52. The third-order valence-corrected chi connectivity index (χ3v) is 4.96. The zero-order valence-corrected chi connectivity index (χ0v) is 15.9. The number of nitrogens with zero attached hydrogens (tertiary/aromatic N) is 5. The molecule has 1 fully saturated rings. The molecule has 0 amide bonds. The van der Waals surface area contributed by atoms with Gasteiger partial charge in [0.25, 0.3) is 5.89 Å². The van der Waals surface area contributed by atoms with Crippen LogP contribution in [0.5, 0.6) is 0 Å². The van der Waals surface area contributed by atoms with Crippen molar-refractivity contribution in [1.29, 1.82) is 0 Å². The van der Waals surface area contributed by atoms with Crippen LogP contribution in [0.15, 0.2) is 28.8 Å². The molecule has 0 radical (unpaired) electrons. The standard InChI is InChI=1S/C17H19ClN6O.ClH/c1-2-13-14(21-23-24(13)12-7-5-6-11(18)10-12)15-20-16(22-25-15)17(19)8-3-4-9-17;/h5-7,10H,2-4,8-9,19H2,1H3;1H. The van der Waals surface area contributed by atoms with E-state index >= 15 is 0 Å². The summed E-state index contributed by atoms with van der Waals surface area (Å²) in [7, 11) is 0. The Morgan fingerprint density at radius 3 is 2.77 bits per heavy atom. The van der Waals surface area contributed by atoms with E-state index in [0.717, 1.165) is 37.1 Å². The molecule has 0 unspecified atom stereocenters. The van der Waals surface area contributed by atoms with Crippen molar-refractivity contribution in [2.24, 2.45) is 5.73 Å². The van der Waals surface area contributed by atoms with Crippen LogP contribution < -0.4 is 5.73 Å². The van der Waals surface area contributed by atoms with Gasteiger partial charge in [0.15, 0.2) is 11.5 Å². The number of aromatic nitrogens is 5. The normalized spacial score (nSPS) is 15.8. The summed E-state index contributed by atoms with van der Waals surface area (Å²) in [6, 6.07) is 7.46. The molecule has 138 valence electrons. The smallest absolute Gasteiger partial charge is 0.280 e. The molecule has 7 nitrogen and oxygen atoms in total. The molecule has 0 spiro atoms. The van der Waals surface area contributed by atoms with Gasteiger partial charge in [0.1, 0.15) is 0 Å². The molecule has 0 atom stereocenters. The van der Waals surface area contributed by atoms with Crippen molar-refractivity contribution in [2.45, 2.75) is 44.6 Å². The molecular formula is C17H20Cl2N6O. The first-order chi connectivity index (χ1) is 12.1. The number of hydrogen-bond donors (Lipinski definition) is 1. The van der Waals surface area contributed by atoms with E-state index in [9.17, 15) is 0 Å². The van der Waals surface area contributed by atoms with Crippen LogP contribution in [0.2, 0.25) is 5.02 Å². The van der Waals surface area contributed by atoms with E-state index in [1.165, 1.54) is 0 Å². The highest BCUT2D eigenvalue weighted by atomic mass is 35.5. The summed E-state index contributed by atoms with van der Waals surface area (Å²) in [5.74, 6) is 0.913. The van der Waals surface area contributed by atoms with Gasteiger partial charge in [-0.15, -0.1) is 17.5 Å². The van der Waals surface area contributed by atoms with Gasteiger partial charge < -0.3 is 10.3 Å². The first-order valence-corrected chi connectivity index (χ1v) is 8.82. The average Bonchev–Trinajstić information content (AvgIpc) is 3.33. The molecule has 3 aromatic rings. The zero-order chi connectivity index (χ0) is 17.4. The Bertz CT molecular complexity index is 900. The lowest BCUT2D eigenvalue weighted by molar-refractivity contribution is 0.372. The van der Waals surface area contributed by atoms with Crippen molar-refractivity contribution in [3.63, 3.8) is 0 Å². The third kappa shape index (κ3) is 3.22. The second-order valence-corrected chi connectivity index (χ2v) is 6.85. The Balaban J connectivity index is 0.00000196. The number of benzene rings is 1. The van der Waals surface area contributed by atoms with Crippen molar-refractivity contribution < 1.29 is 4.52 Å². The third-order valence-electron chi connectivity index (χ3n) is 4.72. The zero-order valence-electron chi connectivity index (χ0n) is 14.4. The van der Waals surface area contributed by atoms with Gasteiger partial charge in [-0.05, 0) is 37.5 Å². The molecular weight excluding hydrogens is 375 g/mol. The van der Waals surface area contributed by atoms with Crippen LogP contribution in [0, 0.1) is 0 Å². The number of hydrogen-bond acceptors (Lipinski definition) is 6. The maximum Gasteiger partial charge on any atom is 0.280 e. The lowest BCUT2D eigenvalue weighted by atomic mass is 9.99. The molecule has 0 aliphatic heterocycles. The summed E-state index contributed by atoms with van der Waals surface area (Å²) in [5.41, 5.74) is 8.24. The summed E-state index contributed by atoms with van der Waals surface area (Å²) in [5, 5.41) is 13.3. The Kier molecular flexibility index (Phi) is 5.32. The summed E-state index contributed by atoms with van der Waals surface area (Å²) in [6.07, 6.45) is 4.64. The second-order valence-electron chi connectivity index (χ2n) is 6.42. The van der Waals surface area contributed by atoms with Crippen LogP contribution in [0.4, 0.5) is 0 Å². The maximum atomic E-state index is 6.41. The van der Waals surface area contributed by atoms with E-state index in [4.69, 9.17) is 21.9 Å². The Morgan fingerprint density at radius 2 is 2.08 bits per heavy atom. The summed E-state index contributed by atoms with van der Waals surface area (Å²) in [6.45, 7) is 2.03. The van der Waals surface area contributed by atoms with Gasteiger partial charge in [0.05, 0.1) is 16.9 Å². The fraction of sp³-hybridized carbons (Fsp3) is 0.412. The molecule has 4 rings (SSSR count). The van der Waals surface area contributed by atoms with Gasteiger partial charge in [-0.1, -0.05) is 47.8 Å². The minimum absolute atomic E-state index is 0. The molecule has 1 aliphatic carbocycles. The molecule has 1 aliphatic rings.